The van der Waals surface area contributed by atoms with E-state index in [4.69, 9.17) is 5.73 Å². The Morgan fingerprint density at radius 2 is 2.00 bits per heavy atom. The first-order valence-corrected chi connectivity index (χ1v) is 7.81. The predicted molar refractivity (Wildman–Crippen MR) is 84.6 cm³/mol. The van der Waals surface area contributed by atoms with Crippen molar-refractivity contribution in [3.63, 3.8) is 0 Å². The number of nitrogens with zero attached hydrogens (tertiary/aromatic N) is 3. The summed E-state index contributed by atoms with van der Waals surface area (Å²) in [4.78, 5) is 25.4. The van der Waals surface area contributed by atoms with Crippen LogP contribution in [0.15, 0.2) is 6.07 Å². The third kappa shape index (κ3) is 3.48. The van der Waals surface area contributed by atoms with E-state index in [0.29, 0.717) is 11.6 Å². The fraction of sp³-hybridized carbons (Fsp3) is 0.688. The molecule has 2 N–H and O–H groups in total. The van der Waals surface area contributed by atoms with Gasteiger partial charge in [-0.3, -0.25) is 14.3 Å². The molecule has 22 heavy (non-hydrogen) atoms. The van der Waals surface area contributed by atoms with E-state index in [1.807, 2.05) is 24.6 Å². The molecule has 122 valence electrons. The molecule has 1 aliphatic rings. The van der Waals surface area contributed by atoms with E-state index in [0.717, 1.165) is 18.5 Å². The van der Waals surface area contributed by atoms with Gasteiger partial charge in [-0.05, 0) is 53.5 Å². The van der Waals surface area contributed by atoms with Gasteiger partial charge in [0.25, 0.3) is 5.91 Å². The standard InChI is InChI=1S/C16H26N4O2/c1-10(2)19(9-14(17)21)15(22)12-8-13(11-6-7-11)20(18-12)16(3,4)5/h8,10-11H,6-7,9H2,1-5H3,(H2,17,21). The second kappa shape index (κ2) is 5.74. The second-order valence-corrected chi connectivity index (χ2v) is 7.30. The highest BCUT2D eigenvalue weighted by Crippen LogP contribution is 2.41. The van der Waals surface area contributed by atoms with E-state index >= 15 is 0 Å². The largest absolute Gasteiger partial charge is 0.368 e. The van der Waals surface area contributed by atoms with E-state index in [1.165, 1.54) is 4.90 Å². The zero-order chi connectivity index (χ0) is 16.7. The fourth-order valence-electron chi connectivity index (χ4n) is 2.51. The van der Waals surface area contributed by atoms with Gasteiger partial charge in [0, 0.05) is 17.7 Å². The SMILES string of the molecule is CC(C)N(CC(N)=O)C(=O)c1cc(C2CC2)n(C(C)(C)C)n1. The topological polar surface area (TPSA) is 81.2 Å². The van der Waals surface area contributed by atoms with Crippen molar-refractivity contribution in [3.05, 3.63) is 17.5 Å². The van der Waals surface area contributed by atoms with E-state index < -0.39 is 5.91 Å². The predicted octanol–water partition coefficient (Wildman–Crippen LogP) is 1.85. The fourth-order valence-corrected chi connectivity index (χ4v) is 2.51. The lowest BCUT2D eigenvalue weighted by atomic mass is 10.1. The lowest BCUT2D eigenvalue weighted by molar-refractivity contribution is -0.119. The van der Waals surface area contributed by atoms with Crippen molar-refractivity contribution < 1.29 is 9.59 Å². The Balaban J connectivity index is 2.35. The van der Waals surface area contributed by atoms with Gasteiger partial charge in [0.05, 0.1) is 12.1 Å². The van der Waals surface area contributed by atoms with Crippen molar-refractivity contribution in [1.29, 1.82) is 0 Å². The highest BCUT2D eigenvalue weighted by atomic mass is 16.2. The van der Waals surface area contributed by atoms with Crippen LogP contribution < -0.4 is 5.73 Å². The monoisotopic (exact) mass is 306 g/mol. The lowest BCUT2D eigenvalue weighted by Crippen LogP contribution is -2.43. The molecule has 0 bridgehead atoms. The summed E-state index contributed by atoms with van der Waals surface area (Å²) in [5, 5.41) is 4.53. The summed E-state index contributed by atoms with van der Waals surface area (Å²) >= 11 is 0. The van der Waals surface area contributed by atoms with Crippen LogP contribution in [-0.2, 0) is 10.3 Å². The zero-order valence-electron chi connectivity index (χ0n) is 14.1. The maximum atomic E-state index is 12.7. The lowest BCUT2D eigenvalue weighted by Gasteiger charge is -2.24. The van der Waals surface area contributed by atoms with Crippen LogP contribution in [0.3, 0.4) is 0 Å². The van der Waals surface area contributed by atoms with E-state index in [2.05, 4.69) is 25.9 Å². The van der Waals surface area contributed by atoms with E-state index in [1.54, 1.807) is 0 Å². The maximum absolute atomic E-state index is 12.7. The first-order chi connectivity index (χ1) is 10.1. The van der Waals surface area contributed by atoms with Gasteiger partial charge in [0.2, 0.25) is 5.91 Å². The van der Waals surface area contributed by atoms with Gasteiger partial charge in [-0.2, -0.15) is 5.10 Å². The van der Waals surface area contributed by atoms with Crippen LogP contribution in [-0.4, -0.2) is 39.1 Å². The summed E-state index contributed by atoms with van der Waals surface area (Å²) in [5.74, 6) is -0.254. The number of aromatic nitrogens is 2. The Kier molecular flexibility index (Phi) is 4.31. The van der Waals surface area contributed by atoms with Crippen molar-refractivity contribution >= 4 is 11.8 Å². The molecule has 1 fully saturated rings. The Labute approximate surface area is 131 Å². The number of carbonyl (C=O) groups is 2. The number of nitrogens with two attached hydrogens (primary N) is 1. The van der Waals surface area contributed by atoms with Crippen molar-refractivity contribution in [3.8, 4) is 0 Å². The molecule has 2 amide bonds. The molecule has 1 aromatic rings. The van der Waals surface area contributed by atoms with Crippen LogP contribution in [0, 0.1) is 0 Å². The van der Waals surface area contributed by atoms with E-state index in [-0.39, 0.29) is 24.0 Å². The third-order valence-electron chi connectivity index (χ3n) is 3.80. The summed E-state index contributed by atoms with van der Waals surface area (Å²) in [6.07, 6.45) is 2.29. The molecule has 0 radical (unpaired) electrons. The first-order valence-electron chi connectivity index (χ1n) is 7.81. The van der Waals surface area contributed by atoms with Crippen molar-refractivity contribution in [2.24, 2.45) is 5.73 Å². The molecule has 1 heterocycles. The molecular weight excluding hydrogens is 280 g/mol. The van der Waals surface area contributed by atoms with Crippen LogP contribution in [0.25, 0.3) is 0 Å². The van der Waals surface area contributed by atoms with Gasteiger partial charge in [-0.15, -0.1) is 0 Å². The summed E-state index contributed by atoms with van der Waals surface area (Å²) in [7, 11) is 0. The normalized spacial score (nSPS) is 15.2. The molecule has 6 nitrogen and oxygen atoms in total. The van der Waals surface area contributed by atoms with Crippen LogP contribution in [0.1, 0.15) is 69.6 Å². The molecule has 0 spiro atoms. The minimum absolute atomic E-state index is 0.0857. The molecule has 0 aliphatic heterocycles. The van der Waals surface area contributed by atoms with Crippen molar-refractivity contribution in [2.45, 2.75) is 65.0 Å². The molecule has 6 heteroatoms. The van der Waals surface area contributed by atoms with Gasteiger partial charge in [-0.25, -0.2) is 0 Å². The average Bonchev–Trinajstić information content (AvgIpc) is 3.12. The highest BCUT2D eigenvalue weighted by molar-refractivity contribution is 5.95. The molecular formula is C16H26N4O2. The minimum atomic E-state index is -0.514. The molecule has 1 aliphatic carbocycles. The van der Waals surface area contributed by atoms with Crippen LogP contribution in [0.4, 0.5) is 0 Å². The molecule has 2 rings (SSSR count). The van der Waals surface area contributed by atoms with Gasteiger partial charge in [0.1, 0.15) is 0 Å². The molecule has 0 unspecified atom stereocenters. The van der Waals surface area contributed by atoms with Gasteiger partial charge in [0.15, 0.2) is 5.69 Å². The number of amides is 2. The van der Waals surface area contributed by atoms with Crippen LogP contribution in [0.2, 0.25) is 0 Å². The molecule has 0 atom stereocenters. The number of carbonyl (C=O) groups excluding carboxylic acids is 2. The molecule has 1 saturated carbocycles. The van der Waals surface area contributed by atoms with Crippen molar-refractivity contribution in [2.75, 3.05) is 6.54 Å². The average molecular weight is 306 g/mol. The Morgan fingerprint density at radius 3 is 2.41 bits per heavy atom. The zero-order valence-corrected chi connectivity index (χ0v) is 14.1. The molecule has 0 saturated heterocycles. The smallest absolute Gasteiger partial charge is 0.275 e. The summed E-state index contributed by atoms with van der Waals surface area (Å²) in [6, 6.07) is 1.77. The summed E-state index contributed by atoms with van der Waals surface area (Å²) in [5.41, 5.74) is 6.58. The Bertz CT molecular complexity index is 579. The highest BCUT2D eigenvalue weighted by Gasteiger charge is 2.33. The third-order valence-corrected chi connectivity index (χ3v) is 3.80. The summed E-state index contributed by atoms with van der Waals surface area (Å²) in [6.45, 7) is 9.86. The summed E-state index contributed by atoms with van der Waals surface area (Å²) < 4.78 is 1.95. The first kappa shape index (κ1) is 16.5. The quantitative estimate of drug-likeness (QED) is 0.901. The maximum Gasteiger partial charge on any atom is 0.275 e. The number of hydrogen-bond acceptors (Lipinski definition) is 3. The second-order valence-electron chi connectivity index (χ2n) is 7.30. The van der Waals surface area contributed by atoms with Crippen molar-refractivity contribution in [1.82, 2.24) is 14.7 Å². The molecule has 1 aromatic heterocycles. The van der Waals surface area contributed by atoms with Crippen LogP contribution in [0.5, 0.6) is 0 Å². The Morgan fingerprint density at radius 1 is 1.41 bits per heavy atom. The minimum Gasteiger partial charge on any atom is -0.368 e. The van der Waals surface area contributed by atoms with Crippen LogP contribution >= 0.6 is 0 Å². The van der Waals surface area contributed by atoms with E-state index in [9.17, 15) is 9.59 Å². The number of rotatable bonds is 5. The molecule has 0 aromatic carbocycles. The number of hydrogen-bond donors (Lipinski definition) is 1. The van der Waals surface area contributed by atoms with Gasteiger partial charge in [-0.1, -0.05) is 0 Å². The van der Waals surface area contributed by atoms with Gasteiger partial charge >= 0.3 is 0 Å². The number of primary amides is 1. The van der Waals surface area contributed by atoms with Gasteiger partial charge < -0.3 is 10.6 Å². The Hall–Kier alpha value is -1.85.